The fourth-order valence-corrected chi connectivity index (χ4v) is 4.37. The third kappa shape index (κ3) is 5.95. The Morgan fingerprint density at radius 2 is 1.50 bits per heavy atom. The molecule has 8 heteroatoms. The Labute approximate surface area is 187 Å². The van der Waals surface area contributed by atoms with E-state index in [2.05, 4.69) is 4.90 Å². The molecule has 0 bridgehead atoms. The van der Waals surface area contributed by atoms with Crippen LogP contribution in [0.4, 0.5) is 14.5 Å². The molecule has 0 aliphatic carbocycles. The van der Waals surface area contributed by atoms with Gasteiger partial charge in [0.25, 0.3) is 0 Å². The summed E-state index contributed by atoms with van der Waals surface area (Å²) in [5.74, 6) is -0.136. The van der Waals surface area contributed by atoms with E-state index in [1.165, 1.54) is 36.4 Å². The van der Waals surface area contributed by atoms with Crippen LogP contribution >= 0.6 is 0 Å². The second-order valence-electron chi connectivity index (χ2n) is 8.92. The van der Waals surface area contributed by atoms with Gasteiger partial charge in [-0.25, -0.2) is 8.78 Å². The van der Waals surface area contributed by atoms with Crippen molar-refractivity contribution >= 4 is 5.69 Å². The molecule has 2 aliphatic heterocycles. The fraction of sp³-hybridized carbons (Fsp3) is 0.500. The maximum atomic E-state index is 13.2. The Kier molecular flexibility index (Phi) is 6.95. The zero-order valence-corrected chi connectivity index (χ0v) is 18.1. The number of anilines is 1. The van der Waals surface area contributed by atoms with Gasteiger partial charge in [0.15, 0.2) is 0 Å². The van der Waals surface area contributed by atoms with Crippen molar-refractivity contribution in [2.24, 2.45) is 0 Å². The van der Waals surface area contributed by atoms with E-state index in [1.54, 1.807) is 12.1 Å². The standard InChI is InChI=1S/C24H30F2N2O4/c25-19-1-5-21(6-2-19)28-11-9-23(29,10-12-28)15-27-13-14-31-17-24(30,16-27)18-32-22-7-3-20(26)4-8-22/h1-8,29-30H,9-18H2. The Morgan fingerprint density at radius 1 is 0.875 bits per heavy atom. The lowest BCUT2D eigenvalue weighted by molar-refractivity contribution is -0.0742. The zero-order chi connectivity index (χ0) is 22.6. The Hall–Kier alpha value is -2.26. The van der Waals surface area contributed by atoms with Crippen molar-refractivity contribution in [1.29, 1.82) is 0 Å². The van der Waals surface area contributed by atoms with Gasteiger partial charge >= 0.3 is 0 Å². The van der Waals surface area contributed by atoms with Gasteiger partial charge in [0.05, 0.1) is 18.8 Å². The number of rotatable bonds is 6. The molecule has 2 aromatic rings. The van der Waals surface area contributed by atoms with Crippen molar-refractivity contribution in [2.75, 3.05) is 57.4 Å². The molecule has 0 amide bonds. The number of piperidine rings is 1. The van der Waals surface area contributed by atoms with E-state index in [4.69, 9.17) is 9.47 Å². The first kappa shape index (κ1) is 22.9. The van der Waals surface area contributed by atoms with Gasteiger partial charge < -0.3 is 24.6 Å². The molecule has 0 radical (unpaired) electrons. The minimum Gasteiger partial charge on any atom is -0.490 e. The third-order valence-electron chi connectivity index (χ3n) is 6.17. The monoisotopic (exact) mass is 448 g/mol. The van der Waals surface area contributed by atoms with Gasteiger partial charge in [0.2, 0.25) is 0 Å². The van der Waals surface area contributed by atoms with E-state index < -0.39 is 11.2 Å². The van der Waals surface area contributed by atoms with Crippen molar-refractivity contribution in [3.8, 4) is 5.75 Å². The van der Waals surface area contributed by atoms with Crippen molar-refractivity contribution < 1.29 is 28.5 Å². The van der Waals surface area contributed by atoms with E-state index in [9.17, 15) is 19.0 Å². The maximum absolute atomic E-state index is 13.2. The molecule has 32 heavy (non-hydrogen) atoms. The lowest BCUT2D eigenvalue weighted by Gasteiger charge is -2.42. The van der Waals surface area contributed by atoms with Crippen LogP contribution in [0.25, 0.3) is 0 Å². The highest BCUT2D eigenvalue weighted by Crippen LogP contribution is 2.28. The van der Waals surface area contributed by atoms with E-state index in [0.29, 0.717) is 57.9 Å². The Morgan fingerprint density at radius 3 is 2.16 bits per heavy atom. The maximum Gasteiger partial charge on any atom is 0.134 e. The van der Waals surface area contributed by atoms with Crippen LogP contribution in [0, 0.1) is 11.6 Å². The average Bonchev–Trinajstić information content (AvgIpc) is 2.95. The topological polar surface area (TPSA) is 65.4 Å². The highest BCUT2D eigenvalue weighted by atomic mass is 19.1. The summed E-state index contributed by atoms with van der Waals surface area (Å²) in [7, 11) is 0. The summed E-state index contributed by atoms with van der Waals surface area (Å²) >= 11 is 0. The molecule has 2 aromatic carbocycles. The smallest absolute Gasteiger partial charge is 0.134 e. The molecule has 0 aromatic heterocycles. The van der Waals surface area contributed by atoms with Crippen LogP contribution in [0.2, 0.25) is 0 Å². The Bertz CT molecular complexity index is 873. The number of hydrogen-bond acceptors (Lipinski definition) is 6. The number of aliphatic hydroxyl groups is 2. The molecular formula is C24H30F2N2O4. The van der Waals surface area contributed by atoms with Crippen LogP contribution in [0.3, 0.4) is 0 Å². The van der Waals surface area contributed by atoms with E-state index in [1.807, 2.05) is 4.90 Å². The van der Waals surface area contributed by atoms with Crippen molar-refractivity contribution in [1.82, 2.24) is 4.90 Å². The van der Waals surface area contributed by atoms with Crippen molar-refractivity contribution in [2.45, 2.75) is 24.0 Å². The normalized spacial score (nSPS) is 24.2. The molecule has 2 N–H and O–H groups in total. The van der Waals surface area contributed by atoms with Crippen LogP contribution in [-0.4, -0.2) is 78.9 Å². The molecule has 2 aliphatic rings. The summed E-state index contributed by atoms with van der Waals surface area (Å²) < 4.78 is 37.5. The van der Waals surface area contributed by atoms with Gasteiger partial charge in [-0.05, 0) is 61.4 Å². The van der Waals surface area contributed by atoms with Crippen LogP contribution in [0.1, 0.15) is 12.8 Å². The molecular weight excluding hydrogens is 418 g/mol. The van der Waals surface area contributed by atoms with Crippen molar-refractivity contribution in [3.63, 3.8) is 0 Å². The van der Waals surface area contributed by atoms with Crippen LogP contribution < -0.4 is 9.64 Å². The van der Waals surface area contributed by atoms with Crippen LogP contribution in [0.15, 0.2) is 48.5 Å². The van der Waals surface area contributed by atoms with Gasteiger partial charge in [0, 0.05) is 38.4 Å². The van der Waals surface area contributed by atoms with E-state index in [0.717, 1.165) is 5.69 Å². The average molecular weight is 449 g/mol. The molecule has 0 saturated carbocycles. The van der Waals surface area contributed by atoms with Gasteiger partial charge in [-0.1, -0.05) is 0 Å². The number of hydrogen-bond donors (Lipinski definition) is 2. The fourth-order valence-electron chi connectivity index (χ4n) is 4.37. The summed E-state index contributed by atoms with van der Waals surface area (Å²) in [6.07, 6.45) is 1.15. The first-order valence-corrected chi connectivity index (χ1v) is 11.0. The van der Waals surface area contributed by atoms with Gasteiger partial charge in [-0.2, -0.15) is 0 Å². The highest BCUT2D eigenvalue weighted by Gasteiger charge is 2.39. The largest absolute Gasteiger partial charge is 0.490 e. The molecule has 1 atom stereocenters. The van der Waals surface area contributed by atoms with Gasteiger partial charge in [0.1, 0.15) is 29.6 Å². The number of ether oxygens (including phenoxy) is 2. The summed E-state index contributed by atoms with van der Waals surface area (Å²) in [5.41, 5.74) is -1.17. The van der Waals surface area contributed by atoms with Gasteiger partial charge in [-0.3, -0.25) is 4.90 Å². The molecule has 2 saturated heterocycles. The Balaban J connectivity index is 1.32. The lowest BCUT2D eigenvalue weighted by atomic mass is 9.90. The SMILES string of the molecule is OC1(CN2CCOCC(O)(COc3ccc(F)cc3)C2)CCN(c2ccc(F)cc2)CC1. The number of benzene rings is 2. The molecule has 6 nitrogen and oxygen atoms in total. The molecule has 2 heterocycles. The third-order valence-corrected chi connectivity index (χ3v) is 6.17. The zero-order valence-electron chi connectivity index (χ0n) is 18.1. The molecule has 1 unspecified atom stereocenters. The molecule has 4 rings (SSSR count). The first-order chi connectivity index (χ1) is 15.3. The lowest BCUT2D eigenvalue weighted by Crippen LogP contribution is -2.55. The number of nitrogens with zero attached hydrogens (tertiary/aromatic N) is 2. The van der Waals surface area contributed by atoms with Crippen molar-refractivity contribution in [3.05, 3.63) is 60.2 Å². The summed E-state index contributed by atoms with van der Waals surface area (Å²) in [6.45, 7) is 3.26. The minimum atomic E-state index is -1.24. The summed E-state index contributed by atoms with van der Waals surface area (Å²) in [6, 6.07) is 12.1. The first-order valence-electron chi connectivity index (χ1n) is 11.0. The minimum absolute atomic E-state index is 0.00586. The number of β-amino-alcohol motifs (C(OH)–C–C–N with tert-alkyl or cyclic N) is 2. The molecule has 2 fully saturated rings. The predicted octanol–water partition coefficient (Wildman–Crippen LogP) is 2.44. The van der Waals surface area contributed by atoms with Gasteiger partial charge in [-0.15, -0.1) is 0 Å². The quantitative estimate of drug-likeness (QED) is 0.708. The van der Waals surface area contributed by atoms with Crippen LogP contribution in [0.5, 0.6) is 5.75 Å². The molecule has 174 valence electrons. The predicted molar refractivity (Wildman–Crippen MR) is 117 cm³/mol. The second-order valence-corrected chi connectivity index (χ2v) is 8.92. The highest BCUT2D eigenvalue weighted by molar-refractivity contribution is 5.46. The second kappa shape index (κ2) is 9.70. The molecule has 0 spiro atoms. The summed E-state index contributed by atoms with van der Waals surface area (Å²) in [4.78, 5) is 4.17. The van der Waals surface area contributed by atoms with E-state index in [-0.39, 0.29) is 24.8 Å². The van der Waals surface area contributed by atoms with Crippen LogP contribution in [-0.2, 0) is 4.74 Å². The number of halogens is 2. The summed E-state index contributed by atoms with van der Waals surface area (Å²) in [5, 5.41) is 22.3. The van der Waals surface area contributed by atoms with E-state index >= 15 is 0 Å².